The van der Waals surface area contributed by atoms with E-state index >= 15 is 0 Å². The molecule has 0 aliphatic rings. The predicted octanol–water partition coefficient (Wildman–Crippen LogP) is 1.45. The lowest BCUT2D eigenvalue weighted by atomic mass is 10.4. The van der Waals surface area contributed by atoms with Crippen LogP contribution in [0.25, 0.3) is 0 Å². The van der Waals surface area contributed by atoms with Crippen molar-refractivity contribution in [2.24, 2.45) is 0 Å². The van der Waals surface area contributed by atoms with Crippen LogP contribution in [-0.4, -0.2) is 37.3 Å². The molecule has 1 aromatic rings. The first-order chi connectivity index (χ1) is 7.67. The number of halogens is 2. The van der Waals surface area contributed by atoms with Gasteiger partial charge in [-0.3, -0.25) is 0 Å². The molecule has 7 heteroatoms. The minimum absolute atomic E-state index is 0.347. The number of methoxy groups -OCH3 is 2. The summed E-state index contributed by atoms with van der Waals surface area (Å²) in [7, 11) is 3.00. The topological polar surface area (TPSA) is 56.3 Å². The highest BCUT2D eigenvalue weighted by molar-refractivity contribution is 5.32. The zero-order chi connectivity index (χ0) is 12.0. The molecule has 0 radical (unpaired) electrons. The molecule has 0 aliphatic heterocycles. The van der Waals surface area contributed by atoms with E-state index in [1.807, 2.05) is 0 Å². The fraction of sp³-hybridized carbons (Fsp3) is 0.556. The molecule has 1 heterocycles. The largest absolute Gasteiger partial charge is 0.363 e. The second kappa shape index (κ2) is 6.29. The molecule has 0 amide bonds. The third-order valence-electron chi connectivity index (χ3n) is 1.88. The van der Waals surface area contributed by atoms with Crippen LogP contribution in [0.3, 0.4) is 0 Å². The van der Waals surface area contributed by atoms with Crippen molar-refractivity contribution < 1.29 is 18.3 Å². The van der Waals surface area contributed by atoms with Crippen LogP contribution in [0, 0.1) is 0 Å². The van der Waals surface area contributed by atoms with Gasteiger partial charge in [0.05, 0.1) is 6.54 Å². The lowest BCUT2D eigenvalue weighted by Crippen LogP contribution is -2.24. The summed E-state index contributed by atoms with van der Waals surface area (Å²) < 4.78 is 34.2. The maximum absolute atomic E-state index is 12.2. The Morgan fingerprint density at radius 2 is 1.94 bits per heavy atom. The van der Waals surface area contributed by atoms with E-state index in [1.165, 1.54) is 26.4 Å². The van der Waals surface area contributed by atoms with Gasteiger partial charge in [0.2, 0.25) is 0 Å². The molecule has 90 valence electrons. The quantitative estimate of drug-likeness (QED) is 0.753. The van der Waals surface area contributed by atoms with Gasteiger partial charge in [0.25, 0.3) is 6.43 Å². The highest BCUT2D eigenvalue weighted by Gasteiger charge is 2.09. The summed E-state index contributed by atoms with van der Waals surface area (Å²) in [5.41, 5.74) is -0.347. The van der Waals surface area contributed by atoms with Crippen LogP contribution >= 0.6 is 0 Å². The minimum atomic E-state index is -2.60. The van der Waals surface area contributed by atoms with Gasteiger partial charge in [0.1, 0.15) is 11.5 Å². The Balaban J connectivity index is 2.49. The van der Waals surface area contributed by atoms with E-state index in [-0.39, 0.29) is 5.69 Å². The van der Waals surface area contributed by atoms with Gasteiger partial charge in [-0.2, -0.15) is 0 Å². The Hall–Kier alpha value is -1.34. The maximum atomic E-state index is 12.2. The molecule has 1 N–H and O–H groups in total. The predicted molar refractivity (Wildman–Crippen MR) is 53.3 cm³/mol. The number of anilines is 1. The van der Waals surface area contributed by atoms with E-state index in [0.29, 0.717) is 12.4 Å². The van der Waals surface area contributed by atoms with Gasteiger partial charge in [-0.05, 0) is 12.1 Å². The molecule has 0 saturated carbocycles. The van der Waals surface area contributed by atoms with E-state index in [1.54, 1.807) is 0 Å². The number of rotatable bonds is 6. The van der Waals surface area contributed by atoms with Crippen LogP contribution in [0.2, 0.25) is 0 Å². The number of hydrogen-bond donors (Lipinski definition) is 1. The Kier molecular flexibility index (Phi) is 5.00. The molecular formula is C9H13F2N3O2. The third-order valence-corrected chi connectivity index (χ3v) is 1.88. The highest BCUT2D eigenvalue weighted by atomic mass is 19.3. The van der Waals surface area contributed by atoms with Crippen LogP contribution in [0.15, 0.2) is 12.1 Å². The molecule has 16 heavy (non-hydrogen) atoms. The lowest BCUT2D eigenvalue weighted by molar-refractivity contribution is -0.0914. The zero-order valence-electron chi connectivity index (χ0n) is 8.98. The van der Waals surface area contributed by atoms with Gasteiger partial charge in [-0.1, -0.05) is 0 Å². The summed E-state index contributed by atoms with van der Waals surface area (Å²) in [5, 5.41) is 9.80. The zero-order valence-corrected chi connectivity index (χ0v) is 8.98. The number of aromatic nitrogens is 2. The van der Waals surface area contributed by atoms with E-state index in [0.717, 1.165) is 0 Å². The average molecular weight is 233 g/mol. The fourth-order valence-electron chi connectivity index (χ4n) is 1.00. The van der Waals surface area contributed by atoms with Crippen molar-refractivity contribution in [1.29, 1.82) is 0 Å². The Morgan fingerprint density at radius 1 is 1.25 bits per heavy atom. The molecule has 0 saturated heterocycles. The molecule has 5 nitrogen and oxygen atoms in total. The summed E-state index contributed by atoms with van der Waals surface area (Å²) in [5.74, 6) is 0.392. The second-order valence-electron chi connectivity index (χ2n) is 2.93. The van der Waals surface area contributed by atoms with E-state index < -0.39 is 12.7 Å². The van der Waals surface area contributed by atoms with Gasteiger partial charge < -0.3 is 14.8 Å². The summed E-state index contributed by atoms with van der Waals surface area (Å²) in [4.78, 5) is 0. The highest BCUT2D eigenvalue weighted by Crippen LogP contribution is 2.15. The molecule has 1 aromatic heterocycles. The van der Waals surface area contributed by atoms with Crippen LogP contribution in [-0.2, 0) is 9.47 Å². The standard InChI is InChI=1S/C9H13F2N3O2/c1-15-8(16-2)5-12-7-4-3-6(9(10)11)13-14-7/h3-4,8-9H,5H2,1-2H3,(H,12,14). The van der Waals surface area contributed by atoms with Crippen molar-refractivity contribution in [1.82, 2.24) is 10.2 Å². The molecule has 0 bridgehead atoms. The summed E-state index contributed by atoms with van der Waals surface area (Å²) in [6.45, 7) is 0.357. The molecule has 0 aliphatic carbocycles. The smallest absolute Gasteiger partial charge is 0.282 e. The van der Waals surface area contributed by atoms with E-state index in [4.69, 9.17) is 9.47 Å². The first-order valence-corrected chi connectivity index (χ1v) is 4.58. The van der Waals surface area contributed by atoms with Gasteiger partial charge in [0, 0.05) is 14.2 Å². The Morgan fingerprint density at radius 3 is 2.38 bits per heavy atom. The summed E-state index contributed by atoms with van der Waals surface area (Å²) >= 11 is 0. The number of nitrogens with zero attached hydrogens (tertiary/aromatic N) is 2. The first-order valence-electron chi connectivity index (χ1n) is 4.58. The average Bonchev–Trinajstić information content (AvgIpc) is 2.31. The second-order valence-corrected chi connectivity index (χ2v) is 2.93. The van der Waals surface area contributed by atoms with E-state index in [9.17, 15) is 8.78 Å². The molecule has 0 fully saturated rings. The van der Waals surface area contributed by atoms with Crippen molar-refractivity contribution >= 4 is 5.82 Å². The van der Waals surface area contributed by atoms with Crippen molar-refractivity contribution in [3.05, 3.63) is 17.8 Å². The van der Waals surface area contributed by atoms with Gasteiger partial charge in [0.15, 0.2) is 6.29 Å². The maximum Gasteiger partial charge on any atom is 0.282 e. The SMILES string of the molecule is COC(CNc1ccc(C(F)F)nn1)OC. The van der Waals surface area contributed by atoms with Crippen LogP contribution in [0.5, 0.6) is 0 Å². The third kappa shape index (κ3) is 3.67. The molecule has 0 aromatic carbocycles. The van der Waals surface area contributed by atoms with Gasteiger partial charge in [-0.15, -0.1) is 10.2 Å². The monoisotopic (exact) mass is 233 g/mol. The fourth-order valence-corrected chi connectivity index (χ4v) is 1.00. The van der Waals surface area contributed by atoms with E-state index in [2.05, 4.69) is 15.5 Å². The number of alkyl halides is 2. The Labute approximate surface area is 91.8 Å². The first kappa shape index (κ1) is 12.7. The van der Waals surface area contributed by atoms with Crippen LogP contribution < -0.4 is 5.32 Å². The van der Waals surface area contributed by atoms with Crippen molar-refractivity contribution in [3.63, 3.8) is 0 Å². The minimum Gasteiger partial charge on any atom is -0.363 e. The van der Waals surface area contributed by atoms with Gasteiger partial charge >= 0.3 is 0 Å². The van der Waals surface area contributed by atoms with Gasteiger partial charge in [-0.25, -0.2) is 8.78 Å². The number of hydrogen-bond acceptors (Lipinski definition) is 5. The molecule has 0 unspecified atom stereocenters. The van der Waals surface area contributed by atoms with Crippen molar-refractivity contribution in [3.8, 4) is 0 Å². The molecule has 0 spiro atoms. The normalized spacial score (nSPS) is 11.1. The van der Waals surface area contributed by atoms with Crippen molar-refractivity contribution in [2.75, 3.05) is 26.1 Å². The summed E-state index contributed by atoms with van der Waals surface area (Å²) in [6.07, 6.45) is -3.02. The molecule has 1 rings (SSSR count). The van der Waals surface area contributed by atoms with Crippen LogP contribution in [0.4, 0.5) is 14.6 Å². The molecule has 0 atom stereocenters. The Bertz CT molecular complexity index is 304. The van der Waals surface area contributed by atoms with Crippen LogP contribution in [0.1, 0.15) is 12.1 Å². The van der Waals surface area contributed by atoms with Crippen molar-refractivity contribution in [2.45, 2.75) is 12.7 Å². The molecular weight excluding hydrogens is 220 g/mol. The summed E-state index contributed by atoms with van der Waals surface area (Å²) in [6, 6.07) is 2.64. The number of nitrogens with one attached hydrogen (secondary N) is 1. The number of ether oxygens (including phenoxy) is 2. The lowest BCUT2D eigenvalue weighted by Gasteiger charge is -2.13.